The van der Waals surface area contributed by atoms with Gasteiger partial charge in [0, 0.05) is 13.2 Å². The number of methoxy groups -OCH3 is 2. The van der Waals surface area contributed by atoms with Crippen molar-refractivity contribution in [3.05, 3.63) is 23.8 Å². The molecule has 0 saturated carbocycles. The summed E-state index contributed by atoms with van der Waals surface area (Å²) in [4.78, 5) is 0. The van der Waals surface area contributed by atoms with E-state index in [9.17, 15) is 0 Å². The van der Waals surface area contributed by atoms with Crippen LogP contribution in [0.4, 0.5) is 0 Å². The number of rotatable bonds is 11. The Morgan fingerprint density at radius 3 is 2.43 bits per heavy atom. The molecule has 0 aromatic heterocycles. The van der Waals surface area contributed by atoms with Crippen LogP contribution in [0.1, 0.15) is 25.8 Å². The first kappa shape index (κ1) is 17.8. The van der Waals surface area contributed by atoms with E-state index in [1.807, 2.05) is 12.1 Å². The van der Waals surface area contributed by atoms with Gasteiger partial charge < -0.3 is 19.5 Å². The maximum atomic E-state index is 5.56. The lowest BCUT2D eigenvalue weighted by molar-refractivity contribution is 0.125. The van der Waals surface area contributed by atoms with E-state index < -0.39 is 0 Å². The molecule has 0 aliphatic carbocycles. The molecule has 0 unspecified atom stereocenters. The molecule has 4 nitrogen and oxygen atoms in total. The second-order valence-corrected chi connectivity index (χ2v) is 5.48. The predicted molar refractivity (Wildman–Crippen MR) is 86.4 cm³/mol. The second kappa shape index (κ2) is 10.5. The number of nitrogens with one attached hydrogen (secondary N) is 1. The zero-order valence-electron chi connectivity index (χ0n) is 13.8. The lowest BCUT2D eigenvalue weighted by atomic mass is 10.1. The van der Waals surface area contributed by atoms with Crippen molar-refractivity contribution in [2.45, 2.75) is 26.7 Å². The van der Waals surface area contributed by atoms with Crippen LogP contribution >= 0.6 is 0 Å². The quantitative estimate of drug-likeness (QED) is 0.637. The molecule has 0 radical (unpaired) electrons. The first-order valence-electron chi connectivity index (χ1n) is 7.66. The molecule has 120 valence electrons. The Balaban J connectivity index is 2.15. The van der Waals surface area contributed by atoms with Gasteiger partial charge in [-0.15, -0.1) is 0 Å². The Labute approximate surface area is 128 Å². The molecular weight excluding hydrogens is 266 g/mol. The van der Waals surface area contributed by atoms with E-state index in [-0.39, 0.29) is 0 Å². The average Bonchev–Trinajstić information content (AvgIpc) is 2.49. The monoisotopic (exact) mass is 295 g/mol. The summed E-state index contributed by atoms with van der Waals surface area (Å²) < 4.78 is 16.1. The summed E-state index contributed by atoms with van der Waals surface area (Å²) in [5, 5.41) is 3.39. The zero-order chi connectivity index (χ0) is 15.5. The van der Waals surface area contributed by atoms with Gasteiger partial charge >= 0.3 is 0 Å². The van der Waals surface area contributed by atoms with Crippen LogP contribution in [0.25, 0.3) is 0 Å². The maximum absolute atomic E-state index is 5.56. The molecule has 0 amide bonds. The molecule has 4 heteroatoms. The smallest absolute Gasteiger partial charge is 0.160 e. The van der Waals surface area contributed by atoms with E-state index in [0.29, 0.717) is 5.92 Å². The highest BCUT2D eigenvalue weighted by molar-refractivity contribution is 5.42. The molecule has 0 fully saturated rings. The second-order valence-electron chi connectivity index (χ2n) is 5.48. The zero-order valence-corrected chi connectivity index (χ0v) is 13.8. The molecule has 1 aromatic rings. The summed E-state index contributed by atoms with van der Waals surface area (Å²) >= 11 is 0. The average molecular weight is 295 g/mol. The number of ether oxygens (including phenoxy) is 3. The molecule has 0 heterocycles. The van der Waals surface area contributed by atoms with Gasteiger partial charge in [0.1, 0.15) is 0 Å². The van der Waals surface area contributed by atoms with Crippen LogP contribution in [-0.2, 0) is 11.2 Å². The molecule has 0 aliphatic heterocycles. The van der Waals surface area contributed by atoms with E-state index in [0.717, 1.165) is 50.6 Å². The fourth-order valence-corrected chi connectivity index (χ4v) is 1.96. The van der Waals surface area contributed by atoms with Gasteiger partial charge in [-0.3, -0.25) is 0 Å². The highest BCUT2D eigenvalue weighted by Crippen LogP contribution is 2.27. The van der Waals surface area contributed by atoms with Crippen molar-refractivity contribution in [1.82, 2.24) is 5.32 Å². The van der Waals surface area contributed by atoms with Gasteiger partial charge in [-0.1, -0.05) is 19.9 Å². The largest absolute Gasteiger partial charge is 0.493 e. The van der Waals surface area contributed by atoms with E-state index in [4.69, 9.17) is 14.2 Å². The van der Waals surface area contributed by atoms with Crippen molar-refractivity contribution in [3.8, 4) is 11.5 Å². The van der Waals surface area contributed by atoms with Gasteiger partial charge in [0.25, 0.3) is 0 Å². The van der Waals surface area contributed by atoms with Crippen LogP contribution in [0.15, 0.2) is 18.2 Å². The van der Waals surface area contributed by atoms with Gasteiger partial charge in [0.15, 0.2) is 11.5 Å². The minimum absolute atomic E-state index is 0.711. The minimum atomic E-state index is 0.711. The van der Waals surface area contributed by atoms with Crippen molar-refractivity contribution in [1.29, 1.82) is 0 Å². The minimum Gasteiger partial charge on any atom is -0.493 e. The van der Waals surface area contributed by atoms with Crippen LogP contribution in [0, 0.1) is 5.92 Å². The first-order chi connectivity index (χ1) is 10.2. The molecule has 1 rings (SSSR count). The molecule has 0 aliphatic rings. The van der Waals surface area contributed by atoms with Crippen molar-refractivity contribution in [3.63, 3.8) is 0 Å². The normalized spacial score (nSPS) is 10.9. The lowest BCUT2D eigenvalue weighted by Gasteiger charge is -2.10. The fraction of sp³-hybridized carbons (Fsp3) is 0.647. The highest BCUT2D eigenvalue weighted by Gasteiger charge is 2.04. The number of hydrogen-bond donors (Lipinski definition) is 1. The Kier molecular flexibility index (Phi) is 8.87. The lowest BCUT2D eigenvalue weighted by Crippen LogP contribution is -2.22. The maximum Gasteiger partial charge on any atom is 0.160 e. The van der Waals surface area contributed by atoms with Crippen molar-refractivity contribution < 1.29 is 14.2 Å². The Morgan fingerprint density at radius 1 is 1.00 bits per heavy atom. The third-order valence-corrected chi connectivity index (χ3v) is 3.30. The van der Waals surface area contributed by atoms with Gasteiger partial charge in [0.2, 0.25) is 0 Å². The Bertz CT molecular complexity index is 394. The molecule has 0 bridgehead atoms. The third-order valence-electron chi connectivity index (χ3n) is 3.30. The SMILES string of the molecule is COc1ccc(CCNCCOCCC(C)C)cc1OC. The summed E-state index contributed by atoms with van der Waals surface area (Å²) in [5.41, 5.74) is 1.24. The van der Waals surface area contributed by atoms with Gasteiger partial charge in [-0.2, -0.15) is 0 Å². The van der Waals surface area contributed by atoms with Gasteiger partial charge in [-0.25, -0.2) is 0 Å². The van der Waals surface area contributed by atoms with Gasteiger partial charge in [-0.05, 0) is 43.0 Å². The van der Waals surface area contributed by atoms with E-state index >= 15 is 0 Å². The van der Waals surface area contributed by atoms with Crippen LogP contribution in [0.3, 0.4) is 0 Å². The van der Waals surface area contributed by atoms with Crippen LogP contribution < -0.4 is 14.8 Å². The van der Waals surface area contributed by atoms with Crippen molar-refractivity contribution in [2.24, 2.45) is 5.92 Å². The molecule has 0 spiro atoms. The molecule has 0 atom stereocenters. The van der Waals surface area contributed by atoms with Crippen LogP contribution in [0.2, 0.25) is 0 Å². The Hall–Kier alpha value is -1.26. The van der Waals surface area contributed by atoms with Crippen molar-refractivity contribution in [2.75, 3.05) is 40.5 Å². The highest BCUT2D eigenvalue weighted by atomic mass is 16.5. The summed E-state index contributed by atoms with van der Waals surface area (Å²) in [6.45, 7) is 7.89. The van der Waals surface area contributed by atoms with E-state index in [2.05, 4.69) is 25.2 Å². The first-order valence-corrected chi connectivity index (χ1v) is 7.66. The molecule has 1 N–H and O–H groups in total. The summed E-state index contributed by atoms with van der Waals surface area (Å²) in [6.07, 6.45) is 2.10. The number of hydrogen-bond acceptors (Lipinski definition) is 4. The summed E-state index contributed by atoms with van der Waals surface area (Å²) in [5.74, 6) is 2.27. The van der Waals surface area contributed by atoms with Crippen LogP contribution in [0.5, 0.6) is 11.5 Å². The van der Waals surface area contributed by atoms with E-state index in [1.54, 1.807) is 14.2 Å². The molecule has 0 saturated heterocycles. The molecular formula is C17H29NO3. The summed E-state index contributed by atoms with van der Waals surface area (Å²) in [7, 11) is 3.31. The van der Waals surface area contributed by atoms with E-state index in [1.165, 1.54) is 5.56 Å². The standard InChI is InChI=1S/C17H29NO3/c1-14(2)8-11-21-12-10-18-9-7-15-5-6-16(19-3)17(13-15)20-4/h5-6,13-14,18H,7-12H2,1-4H3. The molecule has 1 aromatic carbocycles. The molecule has 21 heavy (non-hydrogen) atoms. The fourth-order valence-electron chi connectivity index (χ4n) is 1.96. The Morgan fingerprint density at radius 2 is 1.76 bits per heavy atom. The van der Waals surface area contributed by atoms with Crippen molar-refractivity contribution >= 4 is 0 Å². The number of benzene rings is 1. The predicted octanol–water partition coefficient (Wildman–Crippen LogP) is 2.90. The summed E-state index contributed by atoms with van der Waals surface area (Å²) in [6, 6.07) is 6.05. The third kappa shape index (κ3) is 7.34. The van der Waals surface area contributed by atoms with Gasteiger partial charge in [0.05, 0.1) is 20.8 Å². The van der Waals surface area contributed by atoms with Crippen LogP contribution in [-0.4, -0.2) is 40.5 Å². The topological polar surface area (TPSA) is 39.7 Å².